The topological polar surface area (TPSA) is 50.1 Å². The lowest BCUT2D eigenvalue weighted by molar-refractivity contribution is 0.0150. The Labute approximate surface area is 96.7 Å². The van der Waals surface area contributed by atoms with Gasteiger partial charge in [-0.1, -0.05) is 6.92 Å². The van der Waals surface area contributed by atoms with Crippen molar-refractivity contribution < 1.29 is 5.11 Å². The van der Waals surface area contributed by atoms with Crippen molar-refractivity contribution in [3.05, 3.63) is 18.0 Å². The summed E-state index contributed by atoms with van der Waals surface area (Å²) in [7, 11) is 0. The van der Waals surface area contributed by atoms with Gasteiger partial charge in [0.2, 0.25) is 0 Å². The third-order valence-corrected chi connectivity index (χ3v) is 3.29. The van der Waals surface area contributed by atoms with Crippen LogP contribution in [0.3, 0.4) is 0 Å². The minimum Gasteiger partial charge on any atom is -0.384 e. The lowest BCUT2D eigenvalue weighted by Crippen LogP contribution is -2.30. The van der Waals surface area contributed by atoms with Crippen LogP contribution in [0.2, 0.25) is 0 Å². The number of aryl methyl sites for hydroxylation is 1. The Hall–Kier alpha value is -0.870. The Morgan fingerprint density at radius 1 is 1.50 bits per heavy atom. The van der Waals surface area contributed by atoms with Gasteiger partial charge in [0, 0.05) is 12.7 Å². The van der Waals surface area contributed by atoms with Crippen LogP contribution >= 0.6 is 0 Å². The van der Waals surface area contributed by atoms with E-state index in [1.54, 1.807) is 6.20 Å². The lowest BCUT2D eigenvalue weighted by Gasteiger charge is -2.27. The van der Waals surface area contributed by atoms with Crippen molar-refractivity contribution in [2.75, 3.05) is 13.1 Å². The molecule has 0 bridgehead atoms. The summed E-state index contributed by atoms with van der Waals surface area (Å²) in [6, 6.07) is 1.96. The minimum atomic E-state index is -0.685. The maximum absolute atomic E-state index is 10.7. The predicted molar refractivity (Wildman–Crippen MR) is 63.1 cm³/mol. The Balaban J connectivity index is 2.22. The highest BCUT2D eigenvalue weighted by molar-refractivity contribution is 5.12. The summed E-state index contributed by atoms with van der Waals surface area (Å²) in [5.74, 6) is 0. The van der Waals surface area contributed by atoms with Gasteiger partial charge >= 0.3 is 0 Å². The monoisotopic (exact) mass is 223 g/mol. The number of hydrogen-bond donors (Lipinski definition) is 2. The summed E-state index contributed by atoms with van der Waals surface area (Å²) >= 11 is 0. The van der Waals surface area contributed by atoms with E-state index in [9.17, 15) is 5.11 Å². The van der Waals surface area contributed by atoms with Crippen LogP contribution in [0.15, 0.2) is 12.3 Å². The van der Waals surface area contributed by atoms with E-state index >= 15 is 0 Å². The fourth-order valence-electron chi connectivity index (χ4n) is 2.43. The molecule has 2 rings (SSSR count). The second-order valence-corrected chi connectivity index (χ2v) is 4.57. The molecule has 0 saturated carbocycles. The highest BCUT2D eigenvalue weighted by atomic mass is 16.3. The average Bonchev–Trinajstić information content (AvgIpc) is 2.62. The third kappa shape index (κ3) is 2.28. The van der Waals surface area contributed by atoms with Gasteiger partial charge in [0.25, 0.3) is 0 Å². The second kappa shape index (κ2) is 4.97. The molecule has 1 unspecified atom stereocenters. The number of rotatable bonds is 3. The Morgan fingerprint density at radius 2 is 2.38 bits per heavy atom. The molecule has 0 aromatic carbocycles. The zero-order valence-electron chi connectivity index (χ0n) is 9.95. The smallest absolute Gasteiger partial charge is 0.107 e. The molecule has 0 spiro atoms. The van der Waals surface area contributed by atoms with Crippen molar-refractivity contribution in [2.24, 2.45) is 0 Å². The molecule has 1 aromatic heterocycles. The molecular formula is C12H21N3O. The van der Waals surface area contributed by atoms with Crippen molar-refractivity contribution in [3.63, 3.8) is 0 Å². The quantitative estimate of drug-likeness (QED) is 0.811. The van der Waals surface area contributed by atoms with Crippen molar-refractivity contribution >= 4 is 0 Å². The number of hydrogen-bond acceptors (Lipinski definition) is 3. The van der Waals surface area contributed by atoms with Gasteiger partial charge in [-0.15, -0.1) is 0 Å². The van der Waals surface area contributed by atoms with E-state index in [1.165, 1.54) is 0 Å². The lowest BCUT2D eigenvalue weighted by atomic mass is 9.91. The van der Waals surface area contributed by atoms with Crippen LogP contribution < -0.4 is 5.32 Å². The highest BCUT2D eigenvalue weighted by Gasteiger charge is 2.32. The predicted octanol–water partition coefficient (Wildman–Crippen LogP) is 1.25. The van der Waals surface area contributed by atoms with E-state index in [1.807, 2.05) is 10.7 Å². The Bertz CT molecular complexity index is 327. The van der Waals surface area contributed by atoms with Crippen LogP contribution in [-0.4, -0.2) is 28.0 Å². The number of aliphatic hydroxyl groups is 1. The molecule has 1 fully saturated rings. The molecule has 2 N–H and O–H groups in total. The molecule has 1 atom stereocenters. The van der Waals surface area contributed by atoms with Crippen LogP contribution in [-0.2, 0) is 12.1 Å². The second-order valence-electron chi connectivity index (χ2n) is 4.57. The third-order valence-electron chi connectivity index (χ3n) is 3.29. The van der Waals surface area contributed by atoms with Gasteiger partial charge in [-0.05, 0) is 44.8 Å². The largest absolute Gasteiger partial charge is 0.384 e. The van der Waals surface area contributed by atoms with Gasteiger partial charge in [0.15, 0.2) is 0 Å². The zero-order valence-corrected chi connectivity index (χ0v) is 9.95. The number of aromatic nitrogens is 2. The van der Waals surface area contributed by atoms with Gasteiger partial charge in [0.1, 0.15) is 5.60 Å². The van der Waals surface area contributed by atoms with E-state index in [-0.39, 0.29) is 0 Å². The molecule has 16 heavy (non-hydrogen) atoms. The molecule has 0 aliphatic carbocycles. The van der Waals surface area contributed by atoms with E-state index in [0.29, 0.717) is 0 Å². The van der Waals surface area contributed by atoms with Crippen LogP contribution in [0, 0.1) is 0 Å². The van der Waals surface area contributed by atoms with E-state index in [4.69, 9.17) is 0 Å². The first-order chi connectivity index (χ1) is 7.76. The molecule has 1 aliphatic heterocycles. The normalized spacial score (nSPS) is 26.6. The summed E-state index contributed by atoms with van der Waals surface area (Å²) in [6.07, 6.45) is 5.47. The molecule has 1 aliphatic rings. The van der Waals surface area contributed by atoms with Crippen molar-refractivity contribution in [3.8, 4) is 0 Å². The molecule has 2 heterocycles. The Morgan fingerprint density at radius 3 is 3.19 bits per heavy atom. The molecule has 0 amide bonds. The van der Waals surface area contributed by atoms with E-state index in [2.05, 4.69) is 17.3 Å². The first-order valence-corrected chi connectivity index (χ1v) is 6.21. The number of nitrogens with zero attached hydrogens (tertiary/aromatic N) is 2. The van der Waals surface area contributed by atoms with Crippen LogP contribution in [0.1, 0.15) is 38.3 Å². The van der Waals surface area contributed by atoms with Gasteiger partial charge in [0.05, 0.1) is 5.69 Å². The van der Waals surface area contributed by atoms with Crippen molar-refractivity contribution in [1.29, 1.82) is 0 Å². The van der Waals surface area contributed by atoms with E-state index < -0.39 is 5.60 Å². The molecule has 0 radical (unpaired) electrons. The molecule has 4 heteroatoms. The van der Waals surface area contributed by atoms with Crippen LogP contribution in [0.5, 0.6) is 0 Å². The average molecular weight is 223 g/mol. The van der Waals surface area contributed by atoms with Crippen LogP contribution in [0.4, 0.5) is 0 Å². The first-order valence-electron chi connectivity index (χ1n) is 6.21. The zero-order chi connectivity index (χ0) is 11.4. The van der Waals surface area contributed by atoms with Gasteiger partial charge in [-0.2, -0.15) is 5.10 Å². The van der Waals surface area contributed by atoms with Gasteiger partial charge in [-0.25, -0.2) is 0 Å². The SMILES string of the molecule is CCCn1nccc1C1(O)CCCNCC1. The molecule has 1 aromatic rings. The standard InChI is InChI=1S/C12H21N3O/c1-2-10-15-11(4-8-14-15)12(16)5-3-7-13-9-6-12/h4,8,13,16H,2-3,5-7,9-10H2,1H3. The maximum atomic E-state index is 10.7. The molecule has 4 nitrogen and oxygen atoms in total. The fraction of sp³-hybridized carbons (Fsp3) is 0.750. The summed E-state index contributed by atoms with van der Waals surface area (Å²) in [6.45, 7) is 4.90. The molecule has 1 saturated heterocycles. The Kier molecular flexibility index (Phi) is 3.61. The first kappa shape index (κ1) is 11.6. The molecular weight excluding hydrogens is 202 g/mol. The fourth-order valence-corrected chi connectivity index (χ4v) is 2.43. The van der Waals surface area contributed by atoms with Crippen LogP contribution in [0.25, 0.3) is 0 Å². The van der Waals surface area contributed by atoms with Gasteiger partial charge in [-0.3, -0.25) is 4.68 Å². The van der Waals surface area contributed by atoms with Crippen molar-refractivity contribution in [1.82, 2.24) is 15.1 Å². The summed E-state index contributed by atoms with van der Waals surface area (Å²) in [5, 5.41) is 18.3. The summed E-state index contributed by atoms with van der Waals surface area (Å²) in [4.78, 5) is 0. The van der Waals surface area contributed by atoms with Gasteiger partial charge < -0.3 is 10.4 Å². The number of nitrogens with one attached hydrogen (secondary N) is 1. The molecule has 90 valence electrons. The summed E-state index contributed by atoms with van der Waals surface area (Å²) in [5.41, 5.74) is 0.299. The van der Waals surface area contributed by atoms with E-state index in [0.717, 1.165) is 51.0 Å². The van der Waals surface area contributed by atoms with Crippen molar-refractivity contribution in [2.45, 2.75) is 44.8 Å². The highest BCUT2D eigenvalue weighted by Crippen LogP contribution is 2.31. The summed E-state index contributed by atoms with van der Waals surface area (Å²) < 4.78 is 1.95. The maximum Gasteiger partial charge on any atom is 0.107 e. The minimum absolute atomic E-state index is 0.685.